The fraction of sp³-hybridized carbons (Fsp3) is 0.440. The lowest BCUT2D eigenvalue weighted by atomic mass is 10.0. The van der Waals surface area contributed by atoms with Gasteiger partial charge < -0.3 is 9.32 Å². The molecule has 0 N–H and O–H groups in total. The largest absolute Gasteiger partial charge is 0.415 e. The van der Waals surface area contributed by atoms with Crippen LogP contribution >= 0.6 is 11.6 Å². The van der Waals surface area contributed by atoms with E-state index in [2.05, 4.69) is 20.0 Å². The summed E-state index contributed by atoms with van der Waals surface area (Å²) in [5.74, 6) is -2.71. The molecule has 0 bridgehead atoms. The predicted molar refractivity (Wildman–Crippen MR) is 137 cm³/mol. The van der Waals surface area contributed by atoms with Gasteiger partial charge >= 0.3 is 6.43 Å². The second-order valence-corrected chi connectivity index (χ2v) is 12.4. The Morgan fingerprint density at radius 2 is 1.79 bits per heavy atom. The second kappa shape index (κ2) is 11.0. The number of benzene rings is 2. The van der Waals surface area contributed by atoms with E-state index in [0.717, 1.165) is 29.5 Å². The first-order valence-corrected chi connectivity index (χ1v) is 14.2. The maximum atomic E-state index is 15.2. The summed E-state index contributed by atoms with van der Waals surface area (Å²) in [5, 5.41) is 5.76. The molecule has 2 aliphatic rings. The Labute approximate surface area is 228 Å². The fourth-order valence-electron chi connectivity index (χ4n) is 4.99. The highest BCUT2D eigenvalue weighted by molar-refractivity contribution is 7.93. The van der Waals surface area contributed by atoms with Gasteiger partial charge in [0.25, 0.3) is 5.89 Å². The van der Waals surface area contributed by atoms with E-state index in [-0.39, 0.29) is 27.7 Å². The summed E-state index contributed by atoms with van der Waals surface area (Å²) in [5.41, 5.74) is 0.168. The zero-order valence-electron chi connectivity index (χ0n) is 20.9. The molecule has 0 spiro atoms. The minimum absolute atomic E-state index is 0.00584. The lowest BCUT2D eigenvalue weighted by Crippen LogP contribution is -2.60. The number of likely N-dealkylation sites (tertiary alicyclic amines) is 2. The van der Waals surface area contributed by atoms with Crippen LogP contribution in [0.4, 0.5) is 23.2 Å². The van der Waals surface area contributed by atoms with Crippen LogP contribution < -0.4 is 4.31 Å². The van der Waals surface area contributed by atoms with Gasteiger partial charge in [0.15, 0.2) is 0 Å². The van der Waals surface area contributed by atoms with E-state index in [4.69, 9.17) is 16.0 Å². The second-order valence-electron chi connectivity index (χ2n) is 9.81. The van der Waals surface area contributed by atoms with Crippen LogP contribution in [0.1, 0.15) is 30.7 Å². The van der Waals surface area contributed by atoms with Gasteiger partial charge in [0.1, 0.15) is 11.6 Å². The van der Waals surface area contributed by atoms with E-state index < -0.39 is 45.8 Å². The monoisotopic (exact) mass is 587 g/mol. The Morgan fingerprint density at radius 3 is 2.38 bits per heavy atom. The van der Waals surface area contributed by atoms with Gasteiger partial charge in [-0.15, -0.1) is 10.2 Å². The van der Waals surface area contributed by atoms with Crippen LogP contribution in [0.3, 0.4) is 0 Å². The highest BCUT2D eigenvalue weighted by Gasteiger charge is 2.39. The lowest BCUT2D eigenvalue weighted by Gasteiger charge is -2.46. The third-order valence-corrected chi connectivity index (χ3v) is 9.76. The Bertz CT molecular complexity index is 1440. The van der Waals surface area contributed by atoms with Gasteiger partial charge in [-0.2, -0.15) is 8.78 Å². The van der Waals surface area contributed by atoms with E-state index in [9.17, 15) is 21.6 Å². The molecule has 0 unspecified atom stereocenters. The van der Waals surface area contributed by atoms with Crippen molar-refractivity contribution in [2.24, 2.45) is 0 Å². The molecule has 3 heterocycles. The molecule has 0 atom stereocenters. The molecule has 8 nitrogen and oxygen atoms in total. The number of sulfonamides is 1. The minimum Gasteiger partial charge on any atom is -0.415 e. The van der Waals surface area contributed by atoms with Crippen molar-refractivity contribution in [2.75, 3.05) is 37.5 Å². The number of hydrogen-bond donors (Lipinski definition) is 0. The fourth-order valence-corrected chi connectivity index (χ4v) is 7.05. The van der Waals surface area contributed by atoms with Crippen LogP contribution in [0, 0.1) is 11.6 Å². The Hall–Kier alpha value is -2.74. The molecule has 0 aliphatic carbocycles. The quantitative estimate of drug-likeness (QED) is 0.353. The molecule has 2 saturated heterocycles. The Morgan fingerprint density at radius 1 is 1.08 bits per heavy atom. The van der Waals surface area contributed by atoms with Gasteiger partial charge in [0, 0.05) is 30.3 Å². The molecule has 2 aromatic carbocycles. The summed E-state index contributed by atoms with van der Waals surface area (Å²) in [6.45, 7) is 2.73. The van der Waals surface area contributed by atoms with Crippen LogP contribution in [-0.4, -0.2) is 72.9 Å². The van der Waals surface area contributed by atoms with E-state index in [1.54, 1.807) is 0 Å². The molecule has 14 heteroatoms. The molecular weight excluding hydrogens is 562 g/mol. The van der Waals surface area contributed by atoms with E-state index >= 15 is 4.39 Å². The van der Waals surface area contributed by atoms with Crippen molar-refractivity contribution in [2.45, 2.75) is 37.1 Å². The van der Waals surface area contributed by atoms with Crippen molar-refractivity contribution in [3.63, 3.8) is 0 Å². The molecule has 0 amide bonds. The number of piperidine rings is 1. The van der Waals surface area contributed by atoms with Crippen LogP contribution in [0.15, 0.2) is 40.8 Å². The number of halogens is 5. The van der Waals surface area contributed by atoms with Crippen LogP contribution in [0.5, 0.6) is 0 Å². The van der Waals surface area contributed by atoms with Crippen LogP contribution in [0.2, 0.25) is 5.02 Å². The molecule has 3 aromatic rings. The Balaban J connectivity index is 1.41. The summed E-state index contributed by atoms with van der Waals surface area (Å²) in [4.78, 5) is 4.49. The van der Waals surface area contributed by atoms with E-state index in [1.165, 1.54) is 24.3 Å². The number of alkyl halides is 2. The molecule has 1 aromatic heterocycles. The third-order valence-electron chi connectivity index (χ3n) is 7.20. The van der Waals surface area contributed by atoms with Crippen molar-refractivity contribution in [1.82, 2.24) is 20.0 Å². The number of nitrogens with zero attached hydrogens (tertiary/aromatic N) is 5. The van der Waals surface area contributed by atoms with Gasteiger partial charge in [0.05, 0.1) is 22.5 Å². The highest BCUT2D eigenvalue weighted by atomic mass is 35.5. The van der Waals surface area contributed by atoms with Crippen molar-refractivity contribution in [1.29, 1.82) is 0 Å². The van der Waals surface area contributed by atoms with Gasteiger partial charge in [0.2, 0.25) is 15.9 Å². The smallest absolute Gasteiger partial charge is 0.314 e. The average molecular weight is 588 g/mol. The molecule has 0 saturated carbocycles. The lowest BCUT2D eigenvalue weighted by molar-refractivity contribution is 0.0407. The minimum atomic E-state index is -4.01. The standard InChI is InChI=1S/C25H26ClF4N5O3S/c1-33-13-18(14-33)34-8-6-19(7-9-34)39(36,37)35(17-4-5-21(27)20(26)11-17)12-16-3-2-15(10-22(16)28)24-31-32-25(38-24)23(29)30/h2-5,10-11,18-19,23H,6-9,12-14H2,1H3. The van der Waals surface area contributed by atoms with Crippen molar-refractivity contribution in [3.8, 4) is 11.5 Å². The predicted octanol–water partition coefficient (Wildman–Crippen LogP) is 4.72. The van der Waals surface area contributed by atoms with Gasteiger partial charge in [-0.1, -0.05) is 17.7 Å². The summed E-state index contributed by atoms with van der Waals surface area (Å²) in [7, 11) is -1.98. The van der Waals surface area contributed by atoms with Crippen molar-refractivity contribution < 1.29 is 30.4 Å². The maximum absolute atomic E-state index is 15.2. The van der Waals surface area contributed by atoms with E-state index in [1.807, 2.05) is 7.05 Å². The first kappa shape index (κ1) is 27.8. The van der Waals surface area contributed by atoms with Crippen LogP contribution in [0.25, 0.3) is 11.5 Å². The zero-order valence-corrected chi connectivity index (χ0v) is 22.5. The van der Waals surface area contributed by atoms with E-state index in [0.29, 0.717) is 32.0 Å². The number of rotatable bonds is 8. The van der Waals surface area contributed by atoms with Gasteiger partial charge in [-0.3, -0.25) is 9.21 Å². The summed E-state index contributed by atoms with van der Waals surface area (Å²) < 4.78 is 88.4. The number of aromatic nitrogens is 2. The summed E-state index contributed by atoms with van der Waals surface area (Å²) in [6, 6.07) is 7.66. The average Bonchev–Trinajstić information content (AvgIpc) is 3.39. The topological polar surface area (TPSA) is 82.8 Å². The first-order valence-electron chi connectivity index (χ1n) is 12.3. The van der Waals surface area contributed by atoms with Gasteiger partial charge in [-0.25, -0.2) is 17.2 Å². The maximum Gasteiger partial charge on any atom is 0.314 e. The molecule has 0 radical (unpaired) electrons. The highest BCUT2D eigenvalue weighted by Crippen LogP contribution is 2.33. The van der Waals surface area contributed by atoms with Crippen molar-refractivity contribution >= 4 is 27.3 Å². The molecule has 210 valence electrons. The first-order chi connectivity index (χ1) is 18.5. The SMILES string of the molecule is CN1CC(N2CCC(S(=O)(=O)N(Cc3ccc(-c4nnc(C(F)F)o4)cc3F)c3ccc(F)c(Cl)c3)CC2)C1. The number of hydrogen-bond acceptors (Lipinski definition) is 7. The molecular formula is C25H26ClF4N5O3S. The van der Waals surface area contributed by atoms with Crippen LogP contribution in [-0.2, 0) is 16.6 Å². The molecule has 2 aliphatic heterocycles. The third kappa shape index (κ3) is 5.76. The molecule has 39 heavy (non-hydrogen) atoms. The molecule has 5 rings (SSSR count). The van der Waals surface area contributed by atoms with Gasteiger partial charge in [-0.05, 0) is 63.3 Å². The number of likely N-dealkylation sites (N-methyl/N-ethyl adjacent to an activating group) is 1. The normalized spacial score (nSPS) is 18.0. The zero-order chi connectivity index (χ0) is 27.9. The number of anilines is 1. The Kier molecular flexibility index (Phi) is 7.86. The summed E-state index contributed by atoms with van der Waals surface area (Å²) >= 11 is 5.97. The molecule has 2 fully saturated rings. The van der Waals surface area contributed by atoms with Crippen molar-refractivity contribution in [3.05, 3.63) is 64.5 Å². The summed E-state index contributed by atoms with van der Waals surface area (Å²) in [6.07, 6.45) is -2.17.